The predicted octanol–water partition coefficient (Wildman–Crippen LogP) is 3.36. The van der Waals surface area contributed by atoms with Crippen LogP contribution >= 0.6 is 11.3 Å². The number of pyridine rings is 1. The van der Waals surface area contributed by atoms with Crippen molar-refractivity contribution in [2.45, 2.75) is 20.8 Å². The normalized spacial score (nSPS) is 11.2. The van der Waals surface area contributed by atoms with E-state index in [0.717, 1.165) is 33.6 Å². The van der Waals surface area contributed by atoms with Crippen LogP contribution in [0.25, 0.3) is 21.9 Å². The molecule has 0 N–H and O–H groups in total. The lowest BCUT2D eigenvalue weighted by Gasteiger charge is -2.11. The fourth-order valence-corrected chi connectivity index (χ4v) is 3.91. The molecule has 8 heteroatoms. The zero-order valence-electron chi connectivity index (χ0n) is 14.8. The molecule has 0 aliphatic rings. The average molecular weight is 367 g/mol. The van der Waals surface area contributed by atoms with E-state index in [9.17, 15) is 4.79 Å². The Morgan fingerprint density at radius 3 is 2.50 bits per heavy atom. The lowest BCUT2D eigenvalue weighted by molar-refractivity contribution is 0.0600. The topological polar surface area (TPSA) is 74.3 Å². The van der Waals surface area contributed by atoms with Crippen molar-refractivity contribution >= 4 is 23.0 Å². The third-order valence-electron chi connectivity index (χ3n) is 4.23. The standard InChI is InChI=1S/C18H17N5O2S/c1-10-5-6-16(26-10)15-8-19-17-14(23-11(2)20-21-12(23)3)7-13(9-22(15)17)18(24)25-4/h5-9H,1-4H3. The number of aromatic nitrogens is 5. The Kier molecular flexibility index (Phi) is 3.84. The zero-order valence-corrected chi connectivity index (χ0v) is 15.7. The van der Waals surface area contributed by atoms with Crippen LogP contribution in [0.4, 0.5) is 0 Å². The lowest BCUT2D eigenvalue weighted by Crippen LogP contribution is -2.09. The average Bonchev–Trinajstić information content (AvgIpc) is 3.32. The van der Waals surface area contributed by atoms with E-state index in [1.807, 2.05) is 29.0 Å². The number of hydrogen-bond donors (Lipinski definition) is 0. The smallest absolute Gasteiger partial charge is 0.339 e. The summed E-state index contributed by atoms with van der Waals surface area (Å²) in [6.07, 6.45) is 3.58. The van der Waals surface area contributed by atoms with E-state index in [4.69, 9.17) is 4.74 Å². The summed E-state index contributed by atoms with van der Waals surface area (Å²) in [6.45, 7) is 5.80. The minimum Gasteiger partial charge on any atom is -0.465 e. The Bertz CT molecular complexity index is 1120. The number of esters is 1. The van der Waals surface area contributed by atoms with Gasteiger partial charge in [0.1, 0.15) is 11.6 Å². The largest absolute Gasteiger partial charge is 0.465 e. The highest BCUT2D eigenvalue weighted by Crippen LogP contribution is 2.31. The first kappa shape index (κ1) is 16.5. The molecule has 0 bridgehead atoms. The summed E-state index contributed by atoms with van der Waals surface area (Å²) in [5, 5.41) is 8.25. The van der Waals surface area contributed by atoms with Gasteiger partial charge in [-0.2, -0.15) is 0 Å². The number of ether oxygens (including phenoxy) is 1. The molecule has 0 aliphatic carbocycles. The summed E-state index contributed by atoms with van der Waals surface area (Å²) in [5.74, 6) is 1.05. The molecule has 0 saturated heterocycles. The quantitative estimate of drug-likeness (QED) is 0.519. The van der Waals surface area contributed by atoms with Gasteiger partial charge >= 0.3 is 5.97 Å². The second-order valence-corrected chi connectivity index (χ2v) is 7.27. The number of aryl methyl sites for hydroxylation is 3. The number of nitrogens with zero attached hydrogens (tertiary/aromatic N) is 5. The molecule has 0 atom stereocenters. The molecule has 0 radical (unpaired) electrons. The van der Waals surface area contributed by atoms with Crippen LogP contribution in [-0.2, 0) is 4.74 Å². The first-order chi connectivity index (χ1) is 12.5. The number of rotatable bonds is 3. The molecule has 4 aromatic rings. The van der Waals surface area contributed by atoms with Crippen molar-refractivity contribution in [2.24, 2.45) is 0 Å². The molecule has 132 valence electrons. The maximum Gasteiger partial charge on any atom is 0.339 e. The van der Waals surface area contributed by atoms with E-state index in [1.54, 1.807) is 23.6 Å². The number of imidazole rings is 1. The fourth-order valence-electron chi connectivity index (χ4n) is 3.03. The second-order valence-electron chi connectivity index (χ2n) is 5.98. The maximum atomic E-state index is 12.2. The van der Waals surface area contributed by atoms with Gasteiger partial charge in [-0.3, -0.25) is 8.97 Å². The summed E-state index contributed by atoms with van der Waals surface area (Å²) in [4.78, 5) is 19.1. The Hall–Kier alpha value is -3.00. The molecule has 7 nitrogen and oxygen atoms in total. The van der Waals surface area contributed by atoms with Crippen LogP contribution in [0.2, 0.25) is 0 Å². The first-order valence-electron chi connectivity index (χ1n) is 8.05. The summed E-state index contributed by atoms with van der Waals surface area (Å²) < 4.78 is 8.74. The summed E-state index contributed by atoms with van der Waals surface area (Å²) in [7, 11) is 1.37. The van der Waals surface area contributed by atoms with Gasteiger partial charge in [-0.25, -0.2) is 9.78 Å². The van der Waals surface area contributed by atoms with Crippen molar-refractivity contribution in [3.63, 3.8) is 0 Å². The van der Waals surface area contributed by atoms with Gasteiger partial charge in [0.25, 0.3) is 0 Å². The number of methoxy groups -OCH3 is 1. The summed E-state index contributed by atoms with van der Waals surface area (Å²) in [5.41, 5.74) is 2.83. The number of carbonyl (C=O) groups excluding carboxylic acids is 1. The van der Waals surface area contributed by atoms with Gasteiger partial charge in [-0.15, -0.1) is 21.5 Å². The molecule has 4 rings (SSSR count). The van der Waals surface area contributed by atoms with Crippen molar-refractivity contribution in [2.75, 3.05) is 7.11 Å². The van der Waals surface area contributed by atoms with Gasteiger partial charge in [0, 0.05) is 11.1 Å². The Morgan fingerprint density at radius 1 is 1.15 bits per heavy atom. The molecular formula is C18H17N5O2S. The molecule has 0 aromatic carbocycles. The third kappa shape index (κ3) is 2.50. The highest BCUT2D eigenvalue weighted by molar-refractivity contribution is 7.15. The van der Waals surface area contributed by atoms with Crippen molar-refractivity contribution in [3.8, 4) is 16.3 Å². The highest BCUT2D eigenvalue weighted by Gasteiger charge is 2.19. The van der Waals surface area contributed by atoms with Crippen molar-refractivity contribution < 1.29 is 9.53 Å². The first-order valence-corrected chi connectivity index (χ1v) is 8.86. The minimum absolute atomic E-state index is 0.404. The van der Waals surface area contributed by atoms with Crippen LogP contribution in [-0.4, -0.2) is 37.2 Å². The zero-order chi connectivity index (χ0) is 18.4. The molecular weight excluding hydrogens is 350 g/mol. The predicted molar refractivity (Wildman–Crippen MR) is 99.0 cm³/mol. The molecule has 0 saturated carbocycles. The molecule has 0 spiro atoms. The SMILES string of the molecule is COC(=O)c1cc(-n2c(C)nnc2C)c2ncc(-c3ccc(C)s3)n2c1. The van der Waals surface area contributed by atoms with Gasteiger partial charge < -0.3 is 4.74 Å². The van der Waals surface area contributed by atoms with Crippen molar-refractivity contribution in [1.82, 2.24) is 24.1 Å². The van der Waals surface area contributed by atoms with E-state index in [-0.39, 0.29) is 0 Å². The van der Waals surface area contributed by atoms with Crippen molar-refractivity contribution in [3.05, 3.63) is 52.7 Å². The van der Waals surface area contributed by atoms with Gasteiger partial charge in [0.2, 0.25) is 0 Å². The van der Waals surface area contributed by atoms with Crippen LogP contribution in [0.15, 0.2) is 30.6 Å². The minimum atomic E-state index is -0.404. The lowest BCUT2D eigenvalue weighted by atomic mass is 10.2. The molecule has 4 heterocycles. The molecule has 4 aromatic heterocycles. The Balaban J connectivity index is 2.05. The monoisotopic (exact) mass is 367 g/mol. The van der Waals surface area contributed by atoms with Crippen LogP contribution < -0.4 is 0 Å². The van der Waals surface area contributed by atoms with Crippen LogP contribution in [0.3, 0.4) is 0 Å². The van der Waals surface area contributed by atoms with E-state index in [2.05, 4.69) is 34.2 Å². The van der Waals surface area contributed by atoms with E-state index < -0.39 is 5.97 Å². The van der Waals surface area contributed by atoms with Gasteiger partial charge in [-0.1, -0.05) is 0 Å². The van der Waals surface area contributed by atoms with E-state index >= 15 is 0 Å². The number of fused-ring (bicyclic) bond motifs is 1. The van der Waals surface area contributed by atoms with Crippen LogP contribution in [0.1, 0.15) is 26.9 Å². The number of thiophene rings is 1. The summed E-state index contributed by atoms with van der Waals surface area (Å²) in [6, 6.07) is 5.89. The maximum absolute atomic E-state index is 12.2. The highest BCUT2D eigenvalue weighted by atomic mass is 32.1. The molecule has 0 amide bonds. The van der Waals surface area contributed by atoms with Crippen LogP contribution in [0, 0.1) is 20.8 Å². The van der Waals surface area contributed by atoms with E-state index in [1.165, 1.54) is 12.0 Å². The van der Waals surface area contributed by atoms with Gasteiger partial charge in [0.05, 0.1) is 35.1 Å². The molecule has 0 aliphatic heterocycles. The second kappa shape index (κ2) is 6.06. The molecule has 0 unspecified atom stereocenters. The number of carbonyl (C=O) groups is 1. The third-order valence-corrected chi connectivity index (χ3v) is 5.25. The molecule has 26 heavy (non-hydrogen) atoms. The van der Waals surface area contributed by atoms with Crippen LogP contribution in [0.5, 0.6) is 0 Å². The van der Waals surface area contributed by atoms with Gasteiger partial charge in [-0.05, 0) is 39.0 Å². The van der Waals surface area contributed by atoms with Gasteiger partial charge in [0.15, 0.2) is 5.65 Å². The number of hydrogen-bond acceptors (Lipinski definition) is 6. The Labute approximate surface area is 153 Å². The Morgan fingerprint density at radius 2 is 1.88 bits per heavy atom. The van der Waals surface area contributed by atoms with Crippen molar-refractivity contribution in [1.29, 1.82) is 0 Å². The molecule has 0 fully saturated rings. The fraction of sp³-hybridized carbons (Fsp3) is 0.222. The summed E-state index contributed by atoms with van der Waals surface area (Å²) >= 11 is 1.68. The van der Waals surface area contributed by atoms with E-state index in [0.29, 0.717) is 5.56 Å².